The van der Waals surface area contributed by atoms with Crippen LogP contribution in [0.5, 0.6) is 5.75 Å². The van der Waals surface area contributed by atoms with Gasteiger partial charge in [0.2, 0.25) is 0 Å². The summed E-state index contributed by atoms with van der Waals surface area (Å²) in [5, 5.41) is 10.3. The molecule has 146 valence electrons. The fraction of sp³-hybridized carbons (Fsp3) is 0.250. The van der Waals surface area contributed by atoms with Crippen molar-refractivity contribution < 1.29 is 26.3 Å². The third kappa shape index (κ3) is 3.30. The molecule has 0 radical (unpaired) electrons. The van der Waals surface area contributed by atoms with Crippen LogP contribution >= 0.6 is 0 Å². The Morgan fingerprint density at radius 2 is 1.96 bits per heavy atom. The van der Waals surface area contributed by atoms with Gasteiger partial charge in [-0.25, -0.2) is 13.4 Å². The molecule has 0 N–H and O–H groups in total. The van der Waals surface area contributed by atoms with Crippen LogP contribution in [0.3, 0.4) is 0 Å². The van der Waals surface area contributed by atoms with Crippen molar-refractivity contribution >= 4 is 9.84 Å². The summed E-state index contributed by atoms with van der Waals surface area (Å²) < 4.78 is 68.9. The van der Waals surface area contributed by atoms with Crippen molar-refractivity contribution in [3.63, 3.8) is 0 Å². The fourth-order valence-corrected chi connectivity index (χ4v) is 3.18. The maximum atomic E-state index is 13.2. The molecule has 0 aliphatic carbocycles. The van der Waals surface area contributed by atoms with E-state index >= 15 is 0 Å². The van der Waals surface area contributed by atoms with Crippen LogP contribution in [0.4, 0.5) is 13.2 Å². The third-order valence-electron chi connectivity index (χ3n) is 4.08. The lowest BCUT2D eigenvalue weighted by atomic mass is 10.1. The van der Waals surface area contributed by atoms with E-state index in [9.17, 15) is 21.6 Å². The lowest BCUT2D eigenvalue weighted by Gasteiger charge is -2.07. The SMILES string of the molecule is CS(=O)(=O)c1cnc(-n2nc(C(F)(F)F)cc2-c2ccc3c(c2)CCO3)nn1. The van der Waals surface area contributed by atoms with Crippen molar-refractivity contribution in [1.29, 1.82) is 0 Å². The molecule has 1 aliphatic heterocycles. The standard InChI is InChI=1S/C16H12F3N5O3S/c1-28(25,26)14-8-20-15(22-21-14)24-11(7-13(23-24)16(17,18)19)9-2-3-12-10(6-9)4-5-27-12/h2-3,6-8H,4-5H2,1H3. The van der Waals surface area contributed by atoms with E-state index in [0.717, 1.165) is 28.8 Å². The second-order valence-electron chi connectivity index (χ2n) is 6.11. The van der Waals surface area contributed by atoms with Crippen molar-refractivity contribution in [3.05, 3.63) is 41.7 Å². The van der Waals surface area contributed by atoms with Crippen molar-refractivity contribution in [3.8, 4) is 23.0 Å². The summed E-state index contributed by atoms with van der Waals surface area (Å²) in [5.74, 6) is 0.399. The van der Waals surface area contributed by atoms with Gasteiger partial charge in [-0.15, -0.1) is 10.2 Å². The van der Waals surface area contributed by atoms with Crippen molar-refractivity contribution in [2.75, 3.05) is 12.9 Å². The topological polar surface area (TPSA) is 99.9 Å². The van der Waals surface area contributed by atoms with Crippen LogP contribution in [0.2, 0.25) is 0 Å². The van der Waals surface area contributed by atoms with Gasteiger partial charge in [-0.05, 0) is 29.8 Å². The van der Waals surface area contributed by atoms with Gasteiger partial charge >= 0.3 is 6.18 Å². The van der Waals surface area contributed by atoms with Gasteiger partial charge in [-0.1, -0.05) is 0 Å². The number of aromatic nitrogens is 5. The van der Waals surface area contributed by atoms with Crippen LogP contribution in [0.25, 0.3) is 17.2 Å². The Morgan fingerprint density at radius 3 is 2.61 bits per heavy atom. The summed E-state index contributed by atoms with van der Waals surface area (Å²) in [6.45, 7) is 0.506. The van der Waals surface area contributed by atoms with Gasteiger partial charge in [0, 0.05) is 18.2 Å². The Kier molecular flexibility index (Phi) is 4.10. The van der Waals surface area contributed by atoms with E-state index in [1.54, 1.807) is 18.2 Å². The molecule has 8 nitrogen and oxygen atoms in total. The van der Waals surface area contributed by atoms with E-state index in [2.05, 4.69) is 20.3 Å². The molecular formula is C16H12F3N5O3S. The largest absolute Gasteiger partial charge is 0.493 e. The lowest BCUT2D eigenvalue weighted by Crippen LogP contribution is -2.11. The van der Waals surface area contributed by atoms with Crippen LogP contribution < -0.4 is 4.74 Å². The summed E-state index contributed by atoms with van der Waals surface area (Å²) in [5.41, 5.74) is 0.291. The fourth-order valence-electron chi connectivity index (χ4n) is 2.75. The van der Waals surface area contributed by atoms with Gasteiger partial charge in [0.05, 0.1) is 18.5 Å². The maximum Gasteiger partial charge on any atom is 0.435 e. The minimum Gasteiger partial charge on any atom is -0.493 e. The molecule has 4 rings (SSSR count). The van der Waals surface area contributed by atoms with Crippen molar-refractivity contribution in [1.82, 2.24) is 25.0 Å². The normalized spacial score (nSPS) is 14.0. The highest BCUT2D eigenvalue weighted by Crippen LogP contribution is 2.35. The van der Waals surface area contributed by atoms with Gasteiger partial charge in [0.1, 0.15) is 5.75 Å². The Morgan fingerprint density at radius 1 is 1.18 bits per heavy atom. The monoisotopic (exact) mass is 411 g/mol. The molecular weight excluding hydrogens is 399 g/mol. The summed E-state index contributed by atoms with van der Waals surface area (Å²) in [7, 11) is -3.65. The maximum absolute atomic E-state index is 13.2. The Balaban J connectivity index is 1.86. The number of ether oxygens (including phenoxy) is 1. The smallest absolute Gasteiger partial charge is 0.435 e. The van der Waals surface area contributed by atoms with Gasteiger partial charge in [-0.2, -0.15) is 23.0 Å². The number of hydrogen-bond acceptors (Lipinski definition) is 7. The van der Waals surface area contributed by atoms with E-state index in [1.807, 2.05) is 0 Å². The Bertz CT molecular complexity index is 1160. The third-order valence-corrected chi connectivity index (χ3v) is 5.03. The average Bonchev–Trinajstić information content (AvgIpc) is 3.27. The predicted octanol–water partition coefficient (Wildman–Crippen LogP) is 2.08. The van der Waals surface area contributed by atoms with Gasteiger partial charge in [0.25, 0.3) is 5.95 Å². The molecule has 3 heterocycles. The van der Waals surface area contributed by atoms with Crippen molar-refractivity contribution in [2.45, 2.75) is 17.6 Å². The number of alkyl halides is 3. The first kappa shape index (κ1) is 18.3. The number of nitrogens with zero attached hydrogens (tertiary/aromatic N) is 5. The van der Waals surface area contributed by atoms with E-state index in [-0.39, 0.29) is 11.6 Å². The number of rotatable bonds is 3. The highest BCUT2D eigenvalue weighted by Gasteiger charge is 2.36. The molecule has 28 heavy (non-hydrogen) atoms. The molecule has 0 saturated heterocycles. The minimum absolute atomic E-state index is 0.0935. The molecule has 0 fully saturated rings. The zero-order chi connectivity index (χ0) is 20.1. The molecule has 12 heteroatoms. The zero-order valence-electron chi connectivity index (χ0n) is 14.3. The first-order chi connectivity index (χ1) is 13.1. The highest BCUT2D eigenvalue weighted by atomic mass is 32.2. The molecule has 1 aliphatic rings. The molecule has 0 amide bonds. The van der Waals surface area contributed by atoms with Crippen LogP contribution in [0, 0.1) is 0 Å². The van der Waals surface area contributed by atoms with E-state index in [1.165, 1.54) is 0 Å². The van der Waals surface area contributed by atoms with Gasteiger partial charge in [-0.3, -0.25) is 0 Å². The van der Waals surface area contributed by atoms with Crippen LogP contribution in [0.15, 0.2) is 35.5 Å². The molecule has 1 aromatic carbocycles. The first-order valence-corrected chi connectivity index (χ1v) is 9.85. The average molecular weight is 411 g/mol. The van der Waals surface area contributed by atoms with Crippen molar-refractivity contribution in [2.24, 2.45) is 0 Å². The zero-order valence-corrected chi connectivity index (χ0v) is 15.1. The number of fused-ring (bicyclic) bond motifs is 1. The highest BCUT2D eigenvalue weighted by molar-refractivity contribution is 7.90. The van der Waals surface area contributed by atoms with Gasteiger partial charge in [0.15, 0.2) is 20.6 Å². The molecule has 0 unspecified atom stereocenters. The molecule has 0 bridgehead atoms. The summed E-state index contributed by atoms with van der Waals surface area (Å²) >= 11 is 0. The van der Waals surface area contributed by atoms with Crippen LogP contribution in [-0.4, -0.2) is 46.2 Å². The number of sulfone groups is 1. The number of halogens is 3. The van der Waals surface area contributed by atoms with E-state index < -0.39 is 26.7 Å². The molecule has 2 aromatic heterocycles. The van der Waals surface area contributed by atoms with Gasteiger partial charge < -0.3 is 4.74 Å². The molecule has 0 saturated carbocycles. The first-order valence-electron chi connectivity index (χ1n) is 7.96. The molecule has 0 atom stereocenters. The lowest BCUT2D eigenvalue weighted by molar-refractivity contribution is -0.141. The predicted molar refractivity (Wildman–Crippen MR) is 89.7 cm³/mol. The Labute approximate surface area is 156 Å². The summed E-state index contributed by atoms with van der Waals surface area (Å²) in [6.07, 6.45) is -2.19. The Hall–Kier alpha value is -3.02. The van der Waals surface area contributed by atoms with E-state index in [4.69, 9.17) is 4.74 Å². The minimum atomic E-state index is -4.68. The summed E-state index contributed by atoms with van der Waals surface area (Å²) in [4.78, 5) is 3.83. The second kappa shape index (κ2) is 6.26. The molecule has 3 aromatic rings. The number of benzene rings is 1. The van der Waals surface area contributed by atoms with Crippen LogP contribution in [0.1, 0.15) is 11.3 Å². The van der Waals surface area contributed by atoms with Crippen LogP contribution in [-0.2, 0) is 22.4 Å². The summed E-state index contributed by atoms with van der Waals surface area (Å²) in [6, 6.07) is 5.88. The second-order valence-corrected chi connectivity index (χ2v) is 8.08. The van der Waals surface area contributed by atoms with E-state index in [0.29, 0.717) is 24.3 Å². The quantitative estimate of drug-likeness (QED) is 0.651. The number of hydrogen-bond donors (Lipinski definition) is 0. The molecule has 0 spiro atoms.